The van der Waals surface area contributed by atoms with Crippen LogP contribution in [0.1, 0.15) is 25.0 Å². The highest BCUT2D eigenvalue weighted by atomic mass is 32.2. The van der Waals surface area contributed by atoms with Gasteiger partial charge in [0.2, 0.25) is 11.4 Å². The van der Waals surface area contributed by atoms with Crippen molar-refractivity contribution >= 4 is 39.0 Å². The predicted octanol–water partition coefficient (Wildman–Crippen LogP) is 4.99. The van der Waals surface area contributed by atoms with Crippen molar-refractivity contribution in [3.8, 4) is 5.75 Å². The van der Waals surface area contributed by atoms with E-state index in [2.05, 4.69) is 4.58 Å². The van der Waals surface area contributed by atoms with Gasteiger partial charge in [0, 0.05) is 61.3 Å². The van der Waals surface area contributed by atoms with Crippen LogP contribution >= 0.6 is 0 Å². The molecule has 170 valence electrons. The molecule has 0 fully saturated rings. The molecule has 0 aliphatic carbocycles. The van der Waals surface area contributed by atoms with Crippen molar-refractivity contribution in [2.45, 2.75) is 24.2 Å². The van der Waals surface area contributed by atoms with E-state index in [9.17, 15) is 18.1 Å². The van der Waals surface area contributed by atoms with Crippen LogP contribution in [0.15, 0.2) is 77.7 Å². The van der Waals surface area contributed by atoms with E-state index in [1.54, 1.807) is 12.1 Å². The minimum Gasteiger partial charge on any atom is -0.507 e. The summed E-state index contributed by atoms with van der Waals surface area (Å²) in [5.41, 5.74) is 4.46. The van der Waals surface area contributed by atoms with Crippen molar-refractivity contribution in [2.75, 3.05) is 19.0 Å². The summed E-state index contributed by atoms with van der Waals surface area (Å²) in [6.07, 6.45) is 3.81. The maximum atomic E-state index is 11.8. The normalized spacial score (nSPS) is 15.2. The third-order valence-electron chi connectivity index (χ3n) is 6.03. The average molecular weight is 464 g/mol. The first-order valence-electron chi connectivity index (χ1n) is 10.5. The van der Waals surface area contributed by atoms with E-state index in [0.717, 1.165) is 28.3 Å². The molecule has 1 heterocycles. The molecule has 0 spiro atoms. The van der Waals surface area contributed by atoms with E-state index >= 15 is 0 Å². The van der Waals surface area contributed by atoms with Gasteiger partial charge in [-0.3, -0.25) is 4.55 Å². The highest BCUT2D eigenvalue weighted by Crippen LogP contribution is 2.43. The second kappa shape index (κ2) is 8.17. The molecule has 6 nitrogen and oxygen atoms in total. The Morgan fingerprint density at radius 1 is 0.939 bits per heavy atom. The van der Waals surface area contributed by atoms with E-state index in [1.165, 1.54) is 12.1 Å². The van der Waals surface area contributed by atoms with Crippen molar-refractivity contribution in [1.29, 1.82) is 0 Å². The number of rotatable bonds is 5. The van der Waals surface area contributed by atoms with Gasteiger partial charge in [-0.05, 0) is 44.2 Å². The standard InChI is InChI=1S/C26H26N2O4S/c1-26(2)22-17-21(33(30,31)32)13-14-23(22)28(19-8-6-5-7-9-19)25(26)15-11-18-10-12-20(27(3)4)16-24(18)29/h5-17H,1-4H3,(H,30,31,32)/p+1. The first kappa shape index (κ1) is 22.8. The molecule has 0 unspecified atom stereocenters. The quantitative estimate of drug-likeness (QED) is 0.412. The van der Waals surface area contributed by atoms with Crippen LogP contribution in [0.2, 0.25) is 0 Å². The Hall–Kier alpha value is -3.42. The summed E-state index contributed by atoms with van der Waals surface area (Å²) in [4.78, 5) is 1.78. The van der Waals surface area contributed by atoms with Gasteiger partial charge in [-0.2, -0.15) is 13.0 Å². The number of fused-ring (bicyclic) bond motifs is 1. The van der Waals surface area contributed by atoms with E-state index in [1.807, 2.05) is 87.5 Å². The van der Waals surface area contributed by atoms with Crippen molar-refractivity contribution in [1.82, 2.24) is 4.58 Å². The zero-order chi connectivity index (χ0) is 24.0. The molecule has 33 heavy (non-hydrogen) atoms. The van der Waals surface area contributed by atoms with Crippen molar-refractivity contribution in [3.63, 3.8) is 0 Å². The first-order valence-corrected chi connectivity index (χ1v) is 12.0. The first-order chi connectivity index (χ1) is 15.5. The van der Waals surface area contributed by atoms with Crippen LogP contribution in [0, 0.1) is 0 Å². The minimum atomic E-state index is -4.33. The van der Waals surface area contributed by atoms with E-state index in [4.69, 9.17) is 0 Å². The SMILES string of the molecule is CN(C)c1ccc(/C=C/C2=[N+](c3ccccc3)c3ccc(S(=O)(=O)O)cc3C2(C)C)c(O)c1. The average Bonchev–Trinajstić information content (AvgIpc) is 2.99. The number of aromatic hydroxyl groups is 1. The van der Waals surface area contributed by atoms with Crippen LogP contribution in [-0.4, -0.2) is 37.9 Å². The molecule has 0 atom stereocenters. The van der Waals surface area contributed by atoms with Crippen molar-refractivity contribution in [3.05, 3.63) is 83.9 Å². The van der Waals surface area contributed by atoms with Crippen LogP contribution in [-0.2, 0) is 15.5 Å². The van der Waals surface area contributed by atoms with Crippen LogP contribution in [0.3, 0.4) is 0 Å². The molecule has 0 amide bonds. The number of anilines is 1. The fraction of sp³-hybridized carbons (Fsp3) is 0.192. The third-order valence-corrected chi connectivity index (χ3v) is 6.88. The number of nitrogens with zero attached hydrogens (tertiary/aromatic N) is 2. The van der Waals surface area contributed by atoms with Crippen LogP contribution in [0.25, 0.3) is 6.08 Å². The molecule has 0 bridgehead atoms. The van der Waals surface area contributed by atoms with E-state index in [-0.39, 0.29) is 10.6 Å². The molecule has 0 radical (unpaired) electrons. The monoisotopic (exact) mass is 463 g/mol. The number of hydrogen-bond acceptors (Lipinski definition) is 4. The number of phenolic OH excluding ortho intramolecular Hbond substituents is 1. The van der Waals surface area contributed by atoms with Gasteiger partial charge in [0.05, 0.1) is 10.3 Å². The third kappa shape index (κ3) is 4.17. The van der Waals surface area contributed by atoms with Gasteiger partial charge in [0.15, 0.2) is 5.71 Å². The number of benzene rings is 3. The second-order valence-corrected chi connectivity index (χ2v) is 10.2. The summed E-state index contributed by atoms with van der Waals surface area (Å²) < 4.78 is 35.2. The van der Waals surface area contributed by atoms with Gasteiger partial charge in [0.1, 0.15) is 5.75 Å². The summed E-state index contributed by atoms with van der Waals surface area (Å²) in [7, 11) is -0.502. The lowest BCUT2D eigenvalue weighted by molar-refractivity contribution is 0.474. The Morgan fingerprint density at radius 3 is 2.24 bits per heavy atom. The molecule has 4 rings (SSSR count). The van der Waals surface area contributed by atoms with E-state index in [0.29, 0.717) is 5.56 Å². The molecule has 7 heteroatoms. The highest BCUT2D eigenvalue weighted by Gasteiger charge is 2.45. The van der Waals surface area contributed by atoms with Gasteiger partial charge < -0.3 is 10.0 Å². The molecule has 1 aliphatic rings. The molecule has 3 aromatic rings. The predicted molar refractivity (Wildman–Crippen MR) is 134 cm³/mol. The van der Waals surface area contributed by atoms with Crippen molar-refractivity contribution < 1.29 is 18.1 Å². The fourth-order valence-corrected chi connectivity index (χ4v) is 4.68. The highest BCUT2D eigenvalue weighted by molar-refractivity contribution is 7.85. The zero-order valence-electron chi connectivity index (χ0n) is 19.0. The summed E-state index contributed by atoms with van der Waals surface area (Å²) >= 11 is 0. The van der Waals surface area contributed by atoms with Gasteiger partial charge in [0.25, 0.3) is 10.1 Å². The molecule has 0 saturated carbocycles. The Labute approximate surface area is 194 Å². The van der Waals surface area contributed by atoms with E-state index < -0.39 is 15.5 Å². The van der Waals surface area contributed by atoms with Crippen LogP contribution in [0.4, 0.5) is 17.1 Å². The zero-order valence-corrected chi connectivity index (χ0v) is 19.8. The lowest BCUT2D eigenvalue weighted by atomic mass is 9.81. The Morgan fingerprint density at radius 2 is 1.64 bits per heavy atom. The lowest BCUT2D eigenvalue weighted by Gasteiger charge is -2.16. The number of hydrogen-bond donors (Lipinski definition) is 2. The Bertz CT molecular complexity index is 1390. The maximum absolute atomic E-state index is 11.8. The molecular formula is C26H27N2O4S+. The molecule has 2 N–H and O–H groups in total. The van der Waals surface area contributed by atoms with Gasteiger partial charge >= 0.3 is 0 Å². The molecule has 1 aliphatic heterocycles. The maximum Gasteiger partial charge on any atom is 0.294 e. The number of phenols is 1. The van der Waals surface area contributed by atoms with Crippen LogP contribution in [0.5, 0.6) is 5.75 Å². The Balaban J connectivity index is 1.89. The topological polar surface area (TPSA) is 80.9 Å². The van der Waals surface area contributed by atoms with Gasteiger partial charge in [-0.15, -0.1) is 0 Å². The van der Waals surface area contributed by atoms with Gasteiger partial charge in [-0.1, -0.05) is 18.2 Å². The lowest BCUT2D eigenvalue weighted by Crippen LogP contribution is -2.27. The largest absolute Gasteiger partial charge is 0.507 e. The summed E-state index contributed by atoms with van der Waals surface area (Å²) in [5, 5.41) is 10.5. The van der Waals surface area contributed by atoms with Gasteiger partial charge in [-0.25, -0.2) is 0 Å². The molecule has 3 aromatic carbocycles. The summed E-state index contributed by atoms with van der Waals surface area (Å²) in [6, 6.07) is 20.0. The smallest absolute Gasteiger partial charge is 0.294 e. The molecule has 0 aromatic heterocycles. The molecular weight excluding hydrogens is 436 g/mol. The van der Waals surface area contributed by atoms with Crippen molar-refractivity contribution in [2.24, 2.45) is 0 Å². The molecule has 0 saturated heterocycles. The summed E-state index contributed by atoms with van der Waals surface area (Å²) in [5.74, 6) is 0.172. The fourth-order valence-electron chi connectivity index (χ4n) is 4.18. The van der Waals surface area contributed by atoms with Crippen LogP contribution < -0.4 is 9.48 Å². The second-order valence-electron chi connectivity index (χ2n) is 8.81. The number of allylic oxidation sites excluding steroid dienone is 1. The number of para-hydroxylation sites is 1. The minimum absolute atomic E-state index is 0.135. The Kier molecular flexibility index (Phi) is 5.64. The summed E-state index contributed by atoms with van der Waals surface area (Å²) in [6.45, 7) is 4.02.